The molecule has 0 bridgehead atoms. The van der Waals surface area contributed by atoms with Crippen molar-refractivity contribution in [2.75, 3.05) is 20.3 Å². The molecule has 0 saturated carbocycles. The Morgan fingerprint density at radius 1 is 1.47 bits per heavy atom. The highest BCUT2D eigenvalue weighted by Crippen LogP contribution is 2.16. The van der Waals surface area contributed by atoms with Crippen molar-refractivity contribution in [1.82, 2.24) is 4.90 Å². The molecule has 0 aliphatic carbocycles. The molecule has 1 atom stereocenters. The van der Waals surface area contributed by atoms with E-state index in [4.69, 9.17) is 4.74 Å². The van der Waals surface area contributed by atoms with Crippen LogP contribution in [0.5, 0.6) is 0 Å². The van der Waals surface area contributed by atoms with Gasteiger partial charge in [0.1, 0.15) is 6.10 Å². The van der Waals surface area contributed by atoms with Crippen molar-refractivity contribution >= 4 is 11.9 Å². The van der Waals surface area contributed by atoms with E-state index < -0.39 is 0 Å². The molecule has 0 N–H and O–H groups in total. The predicted octanol–water partition coefficient (Wildman–Crippen LogP) is 0.965. The molecular formula is C12H21NO4. The number of nitrogens with zero attached hydrogens (tertiary/aromatic N) is 1. The van der Waals surface area contributed by atoms with Crippen LogP contribution < -0.4 is 0 Å². The first-order valence-electron chi connectivity index (χ1n) is 6.05. The van der Waals surface area contributed by atoms with Crippen molar-refractivity contribution in [2.45, 2.75) is 45.3 Å². The zero-order valence-electron chi connectivity index (χ0n) is 10.8. The minimum atomic E-state index is -0.324. The van der Waals surface area contributed by atoms with Crippen LogP contribution in [0.4, 0.5) is 0 Å². The molecule has 1 amide bonds. The third kappa shape index (κ3) is 4.00. The molecule has 98 valence electrons. The molecule has 0 aromatic heterocycles. The first-order valence-corrected chi connectivity index (χ1v) is 6.05. The van der Waals surface area contributed by atoms with Crippen LogP contribution in [0.2, 0.25) is 0 Å². The molecule has 1 aliphatic heterocycles. The Labute approximate surface area is 102 Å². The van der Waals surface area contributed by atoms with Crippen molar-refractivity contribution in [3.63, 3.8) is 0 Å². The monoisotopic (exact) mass is 243 g/mol. The molecule has 1 fully saturated rings. The molecule has 1 unspecified atom stereocenters. The van der Waals surface area contributed by atoms with Gasteiger partial charge in [-0.2, -0.15) is 0 Å². The standard InChI is InChI=1S/C12H21NO4/c1-9(2)13(7-6-11(14)16-3)12(15)10-5-4-8-17-10/h9-10H,4-8H2,1-3H3. The van der Waals surface area contributed by atoms with Gasteiger partial charge in [-0.25, -0.2) is 0 Å². The van der Waals surface area contributed by atoms with E-state index in [1.807, 2.05) is 13.8 Å². The fourth-order valence-electron chi connectivity index (χ4n) is 1.89. The van der Waals surface area contributed by atoms with Gasteiger partial charge in [0, 0.05) is 19.2 Å². The Balaban J connectivity index is 2.52. The number of carbonyl (C=O) groups is 2. The zero-order chi connectivity index (χ0) is 12.8. The third-order valence-corrected chi connectivity index (χ3v) is 2.90. The Kier molecular flexibility index (Phi) is 5.41. The second-order valence-corrected chi connectivity index (χ2v) is 4.45. The number of hydrogen-bond donors (Lipinski definition) is 0. The first kappa shape index (κ1) is 14.0. The normalized spacial score (nSPS) is 19.4. The van der Waals surface area contributed by atoms with Gasteiger partial charge in [0.25, 0.3) is 5.91 Å². The maximum absolute atomic E-state index is 12.1. The number of rotatable bonds is 5. The smallest absolute Gasteiger partial charge is 0.307 e. The summed E-state index contributed by atoms with van der Waals surface area (Å²) in [6.45, 7) is 4.91. The summed E-state index contributed by atoms with van der Waals surface area (Å²) in [5.41, 5.74) is 0. The van der Waals surface area contributed by atoms with Gasteiger partial charge in [-0.3, -0.25) is 9.59 Å². The van der Waals surface area contributed by atoms with Gasteiger partial charge < -0.3 is 14.4 Å². The van der Waals surface area contributed by atoms with E-state index in [-0.39, 0.29) is 30.4 Å². The average molecular weight is 243 g/mol. The quantitative estimate of drug-likeness (QED) is 0.675. The number of carbonyl (C=O) groups excluding carboxylic acids is 2. The van der Waals surface area contributed by atoms with Crippen molar-refractivity contribution in [1.29, 1.82) is 0 Å². The van der Waals surface area contributed by atoms with E-state index in [9.17, 15) is 9.59 Å². The minimum absolute atomic E-state index is 0.0126. The number of methoxy groups -OCH3 is 1. The fourth-order valence-corrected chi connectivity index (χ4v) is 1.89. The van der Waals surface area contributed by atoms with Crippen molar-refractivity contribution < 1.29 is 19.1 Å². The summed E-state index contributed by atoms with van der Waals surface area (Å²) in [7, 11) is 1.35. The van der Waals surface area contributed by atoms with Gasteiger partial charge >= 0.3 is 5.97 Å². The molecule has 0 spiro atoms. The highest BCUT2D eigenvalue weighted by atomic mass is 16.5. The van der Waals surface area contributed by atoms with E-state index in [0.29, 0.717) is 13.2 Å². The number of hydrogen-bond acceptors (Lipinski definition) is 4. The van der Waals surface area contributed by atoms with E-state index in [2.05, 4.69) is 4.74 Å². The summed E-state index contributed by atoms with van der Waals surface area (Å²) in [5, 5.41) is 0. The number of ether oxygens (including phenoxy) is 2. The second kappa shape index (κ2) is 6.59. The lowest BCUT2D eigenvalue weighted by atomic mass is 10.2. The van der Waals surface area contributed by atoms with E-state index >= 15 is 0 Å². The highest BCUT2D eigenvalue weighted by Gasteiger charge is 2.29. The van der Waals surface area contributed by atoms with Gasteiger partial charge in [-0.15, -0.1) is 0 Å². The van der Waals surface area contributed by atoms with Crippen LogP contribution in [0, 0.1) is 0 Å². The lowest BCUT2D eigenvalue weighted by Crippen LogP contribution is -2.44. The predicted molar refractivity (Wildman–Crippen MR) is 62.5 cm³/mol. The summed E-state index contributed by atoms with van der Waals surface area (Å²) in [4.78, 5) is 24.9. The topological polar surface area (TPSA) is 55.8 Å². The van der Waals surface area contributed by atoms with Crippen LogP contribution in [0.15, 0.2) is 0 Å². The van der Waals surface area contributed by atoms with Crippen LogP contribution in [0.25, 0.3) is 0 Å². The highest BCUT2D eigenvalue weighted by molar-refractivity contribution is 5.82. The fraction of sp³-hybridized carbons (Fsp3) is 0.833. The molecule has 5 nitrogen and oxygen atoms in total. The molecule has 1 rings (SSSR count). The summed E-state index contributed by atoms with van der Waals surface area (Å²) in [5.74, 6) is -0.308. The molecular weight excluding hydrogens is 222 g/mol. The van der Waals surface area contributed by atoms with Gasteiger partial charge in [0.15, 0.2) is 0 Å². The minimum Gasteiger partial charge on any atom is -0.469 e. The zero-order valence-corrected chi connectivity index (χ0v) is 10.8. The molecule has 1 heterocycles. The molecule has 5 heteroatoms. The SMILES string of the molecule is COC(=O)CCN(C(=O)C1CCCO1)C(C)C. The van der Waals surface area contributed by atoms with E-state index in [1.54, 1.807) is 4.90 Å². The third-order valence-electron chi connectivity index (χ3n) is 2.90. The maximum Gasteiger partial charge on any atom is 0.307 e. The number of esters is 1. The maximum atomic E-state index is 12.1. The Morgan fingerprint density at radius 2 is 2.18 bits per heavy atom. The molecule has 0 aromatic rings. The molecule has 0 aromatic carbocycles. The van der Waals surface area contributed by atoms with Crippen LogP contribution in [-0.2, 0) is 19.1 Å². The first-order chi connectivity index (χ1) is 8.06. The largest absolute Gasteiger partial charge is 0.469 e. The average Bonchev–Trinajstić information content (AvgIpc) is 2.81. The van der Waals surface area contributed by atoms with Gasteiger partial charge in [0.05, 0.1) is 13.5 Å². The van der Waals surface area contributed by atoms with Gasteiger partial charge in [-0.1, -0.05) is 0 Å². The molecule has 0 radical (unpaired) electrons. The molecule has 17 heavy (non-hydrogen) atoms. The summed E-state index contributed by atoms with van der Waals surface area (Å²) in [6.07, 6.45) is 1.61. The van der Waals surface area contributed by atoms with Crippen molar-refractivity contribution in [2.24, 2.45) is 0 Å². The van der Waals surface area contributed by atoms with Crippen LogP contribution in [-0.4, -0.2) is 49.2 Å². The second-order valence-electron chi connectivity index (χ2n) is 4.45. The van der Waals surface area contributed by atoms with Crippen LogP contribution in [0.3, 0.4) is 0 Å². The lowest BCUT2D eigenvalue weighted by Gasteiger charge is -2.28. The van der Waals surface area contributed by atoms with Crippen LogP contribution in [0.1, 0.15) is 33.1 Å². The van der Waals surface area contributed by atoms with Crippen molar-refractivity contribution in [3.8, 4) is 0 Å². The van der Waals surface area contributed by atoms with Gasteiger partial charge in [0.2, 0.25) is 0 Å². The van der Waals surface area contributed by atoms with E-state index in [0.717, 1.165) is 12.8 Å². The van der Waals surface area contributed by atoms with E-state index in [1.165, 1.54) is 7.11 Å². The van der Waals surface area contributed by atoms with Crippen molar-refractivity contribution in [3.05, 3.63) is 0 Å². The Hall–Kier alpha value is -1.10. The Bertz CT molecular complexity index is 272. The number of amides is 1. The molecule has 1 saturated heterocycles. The lowest BCUT2D eigenvalue weighted by molar-refractivity contribution is -0.145. The Morgan fingerprint density at radius 3 is 2.65 bits per heavy atom. The van der Waals surface area contributed by atoms with Crippen LogP contribution >= 0.6 is 0 Å². The summed E-state index contributed by atoms with van der Waals surface area (Å²) >= 11 is 0. The molecule has 1 aliphatic rings. The summed E-state index contributed by atoms with van der Waals surface area (Å²) < 4.78 is 9.95. The summed E-state index contributed by atoms with van der Waals surface area (Å²) in [6, 6.07) is 0.0661. The van der Waals surface area contributed by atoms with Gasteiger partial charge in [-0.05, 0) is 26.7 Å².